The quantitative estimate of drug-likeness (QED) is 0.929. The van der Waals surface area contributed by atoms with Crippen molar-refractivity contribution in [2.75, 3.05) is 31.8 Å². The van der Waals surface area contributed by atoms with E-state index in [1.807, 2.05) is 25.1 Å². The van der Waals surface area contributed by atoms with Crippen molar-refractivity contribution in [2.24, 2.45) is 5.92 Å². The minimum atomic E-state index is -0.671. The SMILES string of the molecule is COc1ccc2nc(N3CCCC3C3COCCC3(C)O)ccc2c1. The second-order valence-electron chi connectivity index (χ2n) is 7.42. The number of nitrogens with zero attached hydrogens (tertiary/aromatic N) is 2. The molecule has 0 spiro atoms. The summed E-state index contributed by atoms with van der Waals surface area (Å²) in [5, 5.41) is 11.9. The van der Waals surface area contributed by atoms with Crippen LogP contribution >= 0.6 is 0 Å². The molecule has 25 heavy (non-hydrogen) atoms. The van der Waals surface area contributed by atoms with Crippen LogP contribution in [-0.2, 0) is 4.74 Å². The fraction of sp³-hybridized carbons (Fsp3) is 0.550. The van der Waals surface area contributed by atoms with Crippen molar-refractivity contribution >= 4 is 16.7 Å². The summed E-state index contributed by atoms with van der Waals surface area (Å²) in [6.07, 6.45) is 2.90. The van der Waals surface area contributed by atoms with Crippen LogP contribution < -0.4 is 9.64 Å². The molecule has 2 aromatic rings. The molecule has 3 heterocycles. The fourth-order valence-electron chi connectivity index (χ4n) is 4.25. The molecule has 5 nitrogen and oxygen atoms in total. The molecule has 2 aliphatic rings. The number of aliphatic hydroxyl groups is 1. The van der Waals surface area contributed by atoms with E-state index in [2.05, 4.69) is 17.0 Å². The fourth-order valence-corrected chi connectivity index (χ4v) is 4.25. The molecule has 1 aromatic heterocycles. The summed E-state index contributed by atoms with van der Waals surface area (Å²) in [5.41, 5.74) is 0.297. The summed E-state index contributed by atoms with van der Waals surface area (Å²) < 4.78 is 11.0. The number of fused-ring (bicyclic) bond motifs is 1. The van der Waals surface area contributed by atoms with Gasteiger partial charge in [-0.25, -0.2) is 4.98 Å². The molecular weight excluding hydrogens is 316 g/mol. The summed E-state index contributed by atoms with van der Waals surface area (Å²) in [6, 6.07) is 10.4. The van der Waals surface area contributed by atoms with Crippen molar-refractivity contribution in [3.63, 3.8) is 0 Å². The molecule has 134 valence electrons. The second kappa shape index (κ2) is 6.46. The molecular formula is C20H26N2O3. The Morgan fingerprint density at radius 2 is 2.20 bits per heavy atom. The second-order valence-corrected chi connectivity index (χ2v) is 7.42. The van der Waals surface area contributed by atoms with Crippen LogP contribution in [0.25, 0.3) is 10.9 Å². The number of hydrogen-bond acceptors (Lipinski definition) is 5. The van der Waals surface area contributed by atoms with Gasteiger partial charge in [-0.05, 0) is 56.5 Å². The maximum Gasteiger partial charge on any atom is 0.129 e. The van der Waals surface area contributed by atoms with Gasteiger partial charge in [-0.1, -0.05) is 0 Å². The Bertz CT molecular complexity index is 762. The van der Waals surface area contributed by atoms with Crippen LogP contribution in [0.15, 0.2) is 30.3 Å². The number of benzene rings is 1. The van der Waals surface area contributed by atoms with Crippen molar-refractivity contribution in [1.29, 1.82) is 0 Å². The van der Waals surface area contributed by atoms with Gasteiger partial charge in [-0.3, -0.25) is 0 Å². The Balaban J connectivity index is 1.64. The normalized spacial score (nSPS) is 30.0. The lowest BCUT2D eigenvalue weighted by atomic mass is 9.79. The highest BCUT2D eigenvalue weighted by Crippen LogP contribution is 2.38. The average molecular weight is 342 g/mol. The van der Waals surface area contributed by atoms with E-state index < -0.39 is 5.60 Å². The lowest BCUT2D eigenvalue weighted by molar-refractivity contribution is -0.108. The highest BCUT2D eigenvalue weighted by molar-refractivity contribution is 5.82. The molecule has 0 saturated carbocycles. The third-order valence-electron chi connectivity index (χ3n) is 5.79. The third-order valence-corrected chi connectivity index (χ3v) is 5.79. The third kappa shape index (κ3) is 3.07. The highest BCUT2D eigenvalue weighted by Gasteiger charge is 2.44. The Hall–Kier alpha value is -1.85. The highest BCUT2D eigenvalue weighted by atomic mass is 16.5. The van der Waals surface area contributed by atoms with Crippen LogP contribution in [0.2, 0.25) is 0 Å². The summed E-state index contributed by atoms with van der Waals surface area (Å²) >= 11 is 0. The Morgan fingerprint density at radius 1 is 1.32 bits per heavy atom. The largest absolute Gasteiger partial charge is 0.497 e. The van der Waals surface area contributed by atoms with E-state index in [4.69, 9.17) is 14.5 Å². The molecule has 2 fully saturated rings. The number of anilines is 1. The number of ether oxygens (including phenoxy) is 2. The summed E-state index contributed by atoms with van der Waals surface area (Å²) in [6.45, 7) is 4.20. The first-order valence-electron chi connectivity index (χ1n) is 9.10. The first kappa shape index (κ1) is 16.6. The van der Waals surface area contributed by atoms with Gasteiger partial charge in [-0.15, -0.1) is 0 Å². The molecule has 0 aliphatic carbocycles. The maximum absolute atomic E-state index is 10.8. The molecule has 4 rings (SSSR count). The summed E-state index contributed by atoms with van der Waals surface area (Å²) in [4.78, 5) is 7.23. The predicted octanol–water partition coefficient (Wildman–Crippen LogP) is 3.00. The van der Waals surface area contributed by atoms with Gasteiger partial charge in [0.1, 0.15) is 11.6 Å². The van der Waals surface area contributed by atoms with Crippen LogP contribution in [0.4, 0.5) is 5.82 Å². The zero-order valence-corrected chi connectivity index (χ0v) is 14.9. The van der Waals surface area contributed by atoms with Gasteiger partial charge >= 0.3 is 0 Å². The maximum atomic E-state index is 10.8. The molecule has 0 amide bonds. The zero-order valence-electron chi connectivity index (χ0n) is 14.9. The van der Waals surface area contributed by atoms with Gasteiger partial charge in [0.25, 0.3) is 0 Å². The number of pyridine rings is 1. The Morgan fingerprint density at radius 3 is 3.00 bits per heavy atom. The molecule has 1 aromatic carbocycles. The number of rotatable bonds is 3. The molecule has 2 aliphatic heterocycles. The first-order valence-corrected chi connectivity index (χ1v) is 9.10. The summed E-state index contributed by atoms with van der Waals surface area (Å²) in [5.74, 6) is 1.95. The number of aromatic nitrogens is 1. The average Bonchev–Trinajstić information content (AvgIpc) is 3.09. The predicted molar refractivity (Wildman–Crippen MR) is 98.2 cm³/mol. The van der Waals surface area contributed by atoms with Gasteiger partial charge in [0.05, 0.1) is 24.8 Å². The lowest BCUT2D eigenvalue weighted by Crippen LogP contribution is -2.52. The van der Waals surface area contributed by atoms with Crippen molar-refractivity contribution in [3.8, 4) is 5.75 Å². The van der Waals surface area contributed by atoms with Gasteiger partial charge < -0.3 is 19.5 Å². The van der Waals surface area contributed by atoms with Crippen LogP contribution in [0.1, 0.15) is 26.2 Å². The molecule has 2 saturated heterocycles. The smallest absolute Gasteiger partial charge is 0.129 e. The van der Waals surface area contributed by atoms with Crippen LogP contribution in [0, 0.1) is 5.92 Å². The monoisotopic (exact) mass is 342 g/mol. The van der Waals surface area contributed by atoms with Gasteiger partial charge in [-0.2, -0.15) is 0 Å². The molecule has 0 radical (unpaired) electrons. The van der Waals surface area contributed by atoms with E-state index in [1.165, 1.54) is 0 Å². The Labute approximate surface area is 148 Å². The Kier molecular flexibility index (Phi) is 4.29. The standard InChI is InChI=1S/C20H26N2O3/c1-20(23)9-11-25-13-16(20)18-4-3-10-22(18)19-8-5-14-12-15(24-2)6-7-17(14)21-19/h5-8,12,16,18,23H,3-4,9-11,13H2,1-2H3. The summed E-state index contributed by atoms with van der Waals surface area (Å²) in [7, 11) is 1.68. The number of hydrogen-bond donors (Lipinski definition) is 1. The topological polar surface area (TPSA) is 54.8 Å². The van der Waals surface area contributed by atoms with Crippen molar-refractivity contribution in [1.82, 2.24) is 4.98 Å². The van der Waals surface area contributed by atoms with E-state index in [0.717, 1.165) is 41.9 Å². The van der Waals surface area contributed by atoms with Crippen LogP contribution in [0.3, 0.4) is 0 Å². The minimum Gasteiger partial charge on any atom is -0.497 e. The van der Waals surface area contributed by atoms with E-state index in [9.17, 15) is 5.11 Å². The van der Waals surface area contributed by atoms with Crippen molar-refractivity contribution in [2.45, 2.75) is 37.8 Å². The molecule has 3 atom stereocenters. The van der Waals surface area contributed by atoms with E-state index >= 15 is 0 Å². The lowest BCUT2D eigenvalue weighted by Gasteiger charge is -2.43. The van der Waals surface area contributed by atoms with E-state index in [-0.39, 0.29) is 12.0 Å². The van der Waals surface area contributed by atoms with E-state index in [0.29, 0.717) is 19.6 Å². The molecule has 1 N–H and O–H groups in total. The molecule has 0 bridgehead atoms. The van der Waals surface area contributed by atoms with Crippen LogP contribution in [-0.4, -0.2) is 48.6 Å². The zero-order chi connectivity index (χ0) is 17.4. The van der Waals surface area contributed by atoms with Crippen LogP contribution in [0.5, 0.6) is 5.75 Å². The molecule has 5 heteroatoms. The van der Waals surface area contributed by atoms with E-state index in [1.54, 1.807) is 7.11 Å². The number of methoxy groups -OCH3 is 1. The van der Waals surface area contributed by atoms with Gasteiger partial charge in [0.15, 0.2) is 0 Å². The first-order chi connectivity index (χ1) is 12.1. The van der Waals surface area contributed by atoms with Crippen molar-refractivity contribution < 1.29 is 14.6 Å². The van der Waals surface area contributed by atoms with Crippen molar-refractivity contribution in [3.05, 3.63) is 30.3 Å². The molecule has 3 unspecified atom stereocenters. The van der Waals surface area contributed by atoms with Gasteiger partial charge in [0.2, 0.25) is 0 Å². The van der Waals surface area contributed by atoms with Gasteiger partial charge in [0, 0.05) is 30.5 Å². The minimum absolute atomic E-state index is 0.122.